The summed E-state index contributed by atoms with van der Waals surface area (Å²) in [5.74, 6) is -0.312. The summed E-state index contributed by atoms with van der Waals surface area (Å²) in [5.41, 5.74) is 0.498. The van der Waals surface area contributed by atoms with Crippen molar-refractivity contribution in [1.82, 2.24) is 15.1 Å². The summed E-state index contributed by atoms with van der Waals surface area (Å²) in [5, 5.41) is 3.22. The second kappa shape index (κ2) is 9.31. The number of hydrogen-bond donors (Lipinski definition) is 1. The summed E-state index contributed by atoms with van der Waals surface area (Å²) in [6.07, 6.45) is 4.59. The van der Waals surface area contributed by atoms with E-state index >= 15 is 0 Å². The van der Waals surface area contributed by atoms with Crippen molar-refractivity contribution in [2.45, 2.75) is 45.1 Å². The van der Waals surface area contributed by atoms with Gasteiger partial charge in [-0.3, -0.25) is 9.59 Å². The van der Waals surface area contributed by atoms with Crippen molar-refractivity contribution < 1.29 is 14.0 Å². The second-order valence-corrected chi connectivity index (χ2v) is 7.70. The van der Waals surface area contributed by atoms with Gasteiger partial charge in [0.2, 0.25) is 5.91 Å². The molecule has 0 aromatic heterocycles. The number of likely N-dealkylation sites (tertiary alicyclic amines) is 2. The molecular formula is C21H30FN3O2. The van der Waals surface area contributed by atoms with Gasteiger partial charge in [-0.25, -0.2) is 4.39 Å². The molecule has 1 N–H and O–H groups in total. The van der Waals surface area contributed by atoms with Gasteiger partial charge in [0.15, 0.2) is 0 Å². The number of benzene rings is 1. The molecule has 1 aromatic rings. The Kier molecular flexibility index (Phi) is 6.83. The molecule has 27 heavy (non-hydrogen) atoms. The van der Waals surface area contributed by atoms with Crippen LogP contribution >= 0.6 is 0 Å². The maximum atomic E-state index is 13.0. The van der Waals surface area contributed by atoms with E-state index < -0.39 is 0 Å². The van der Waals surface area contributed by atoms with Gasteiger partial charge >= 0.3 is 0 Å². The van der Waals surface area contributed by atoms with E-state index in [4.69, 9.17) is 0 Å². The minimum Gasteiger partial charge on any atom is -0.353 e. The van der Waals surface area contributed by atoms with E-state index in [0.29, 0.717) is 31.5 Å². The third-order valence-corrected chi connectivity index (χ3v) is 5.72. The van der Waals surface area contributed by atoms with Gasteiger partial charge in [-0.1, -0.05) is 6.92 Å². The third-order valence-electron chi connectivity index (χ3n) is 5.72. The van der Waals surface area contributed by atoms with Crippen molar-refractivity contribution in [1.29, 1.82) is 0 Å². The van der Waals surface area contributed by atoms with E-state index in [-0.39, 0.29) is 29.6 Å². The minimum absolute atomic E-state index is 0.0176. The lowest BCUT2D eigenvalue weighted by atomic mass is 9.94. The first-order chi connectivity index (χ1) is 13.1. The number of amides is 2. The van der Waals surface area contributed by atoms with Crippen LogP contribution in [0.4, 0.5) is 4.39 Å². The van der Waals surface area contributed by atoms with Crippen molar-refractivity contribution in [3.8, 4) is 0 Å². The highest BCUT2D eigenvalue weighted by molar-refractivity contribution is 5.94. The highest BCUT2D eigenvalue weighted by Crippen LogP contribution is 2.20. The van der Waals surface area contributed by atoms with Crippen LogP contribution in [0.5, 0.6) is 0 Å². The smallest absolute Gasteiger partial charge is 0.253 e. The lowest BCUT2D eigenvalue weighted by Crippen LogP contribution is -2.48. The molecule has 2 aliphatic rings. The number of carbonyl (C=O) groups excluding carboxylic acids is 2. The topological polar surface area (TPSA) is 52.7 Å². The van der Waals surface area contributed by atoms with Crippen LogP contribution in [0.15, 0.2) is 24.3 Å². The van der Waals surface area contributed by atoms with E-state index in [1.54, 1.807) is 4.90 Å². The molecule has 1 aromatic carbocycles. The van der Waals surface area contributed by atoms with E-state index in [2.05, 4.69) is 17.1 Å². The molecule has 0 spiro atoms. The van der Waals surface area contributed by atoms with Crippen LogP contribution in [0.2, 0.25) is 0 Å². The average Bonchev–Trinajstić information content (AvgIpc) is 2.70. The molecule has 0 radical (unpaired) electrons. The fourth-order valence-electron chi connectivity index (χ4n) is 4.06. The zero-order valence-corrected chi connectivity index (χ0v) is 16.1. The molecule has 2 amide bonds. The van der Waals surface area contributed by atoms with E-state index in [9.17, 15) is 14.0 Å². The van der Waals surface area contributed by atoms with Gasteiger partial charge in [-0.05, 0) is 62.9 Å². The summed E-state index contributed by atoms with van der Waals surface area (Å²) in [4.78, 5) is 29.3. The Balaban J connectivity index is 1.43. The lowest BCUT2D eigenvalue weighted by molar-refractivity contribution is -0.127. The van der Waals surface area contributed by atoms with Gasteiger partial charge in [-0.15, -0.1) is 0 Å². The quantitative estimate of drug-likeness (QED) is 0.861. The Morgan fingerprint density at radius 2 is 1.67 bits per heavy atom. The fraction of sp³-hybridized carbons (Fsp3) is 0.619. The van der Waals surface area contributed by atoms with Crippen molar-refractivity contribution in [2.75, 3.05) is 32.7 Å². The van der Waals surface area contributed by atoms with Crippen LogP contribution in [0.25, 0.3) is 0 Å². The third kappa shape index (κ3) is 5.28. The fourth-order valence-corrected chi connectivity index (χ4v) is 4.06. The Morgan fingerprint density at radius 3 is 2.26 bits per heavy atom. The second-order valence-electron chi connectivity index (χ2n) is 7.70. The normalized spacial score (nSPS) is 19.9. The monoisotopic (exact) mass is 375 g/mol. The highest BCUT2D eigenvalue weighted by Gasteiger charge is 2.29. The Bertz CT molecular complexity index is 633. The zero-order chi connectivity index (χ0) is 19.2. The molecule has 0 bridgehead atoms. The number of nitrogens with zero attached hydrogens (tertiary/aromatic N) is 2. The first-order valence-corrected chi connectivity index (χ1v) is 10.1. The molecule has 2 fully saturated rings. The van der Waals surface area contributed by atoms with Crippen molar-refractivity contribution in [3.63, 3.8) is 0 Å². The Morgan fingerprint density at radius 1 is 1.04 bits per heavy atom. The summed E-state index contributed by atoms with van der Waals surface area (Å²) in [6, 6.07) is 5.92. The van der Waals surface area contributed by atoms with Gasteiger partial charge in [-0.2, -0.15) is 0 Å². The standard InChI is InChI=1S/C21H30FN3O2/c1-2-11-24-12-9-19(10-13-24)23-20(26)16-7-14-25(15-8-16)21(27)17-3-5-18(22)6-4-17/h3-6,16,19H,2,7-15H2,1H3,(H,23,26). The molecule has 0 atom stereocenters. The maximum Gasteiger partial charge on any atom is 0.253 e. The van der Waals surface area contributed by atoms with Crippen molar-refractivity contribution in [3.05, 3.63) is 35.6 Å². The molecular weight excluding hydrogens is 345 g/mol. The average molecular weight is 375 g/mol. The van der Waals surface area contributed by atoms with Gasteiger partial charge in [0.25, 0.3) is 5.91 Å². The van der Waals surface area contributed by atoms with E-state index in [1.165, 1.54) is 30.7 Å². The predicted octanol–water partition coefficient (Wildman–Crippen LogP) is 2.67. The lowest BCUT2D eigenvalue weighted by Gasteiger charge is -2.35. The summed E-state index contributed by atoms with van der Waals surface area (Å²) >= 11 is 0. The van der Waals surface area contributed by atoms with Crippen LogP contribution in [0, 0.1) is 11.7 Å². The molecule has 148 valence electrons. The molecule has 2 heterocycles. The Labute approximate surface area is 160 Å². The molecule has 3 rings (SSSR count). The maximum absolute atomic E-state index is 13.0. The van der Waals surface area contributed by atoms with Gasteiger partial charge < -0.3 is 15.1 Å². The van der Waals surface area contributed by atoms with Crippen LogP contribution in [-0.2, 0) is 4.79 Å². The SMILES string of the molecule is CCCN1CCC(NC(=O)C2CCN(C(=O)c3ccc(F)cc3)CC2)CC1. The molecule has 2 aliphatic heterocycles. The van der Waals surface area contributed by atoms with Gasteiger partial charge in [0, 0.05) is 43.7 Å². The number of hydrogen-bond acceptors (Lipinski definition) is 3. The molecule has 0 saturated carbocycles. The summed E-state index contributed by atoms with van der Waals surface area (Å²) in [6.45, 7) is 6.60. The number of halogens is 1. The van der Waals surface area contributed by atoms with E-state index in [0.717, 1.165) is 32.5 Å². The molecule has 5 nitrogen and oxygen atoms in total. The number of nitrogens with one attached hydrogen (secondary N) is 1. The first-order valence-electron chi connectivity index (χ1n) is 10.1. The minimum atomic E-state index is -0.345. The van der Waals surface area contributed by atoms with Crippen LogP contribution in [0.3, 0.4) is 0 Å². The zero-order valence-electron chi connectivity index (χ0n) is 16.1. The summed E-state index contributed by atoms with van der Waals surface area (Å²) in [7, 11) is 0. The number of piperidine rings is 2. The van der Waals surface area contributed by atoms with E-state index in [1.807, 2.05) is 0 Å². The molecule has 0 aliphatic carbocycles. The van der Waals surface area contributed by atoms with Crippen LogP contribution in [-0.4, -0.2) is 60.4 Å². The van der Waals surface area contributed by atoms with Gasteiger partial charge in [0.1, 0.15) is 5.82 Å². The highest BCUT2D eigenvalue weighted by atomic mass is 19.1. The van der Waals surface area contributed by atoms with Crippen LogP contribution < -0.4 is 5.32 Å². The molecule has 2 saturated heterocycles. The van der Waals surface area contributed by atoms with Crippen LogP contribution in [0.1, 0.15) is 49.4 Å². The Hall–Kier alpha value is -1.95. The largest absolute Gasteiger partial charge is 0.353 e. The predicted molar refractivity (Wildman–Crippen MR) is 103 cm³/mol. The first kappa shape index (κ1) is 19.8. The molecule has 0 unspecified atom stereocenters. The van der Waals surface area contributed by atoms with Crippen molar-refractivity contribution in [2.24, 2.45) is 5.92 Å². The number of carbonyl (C=O) groups is 2. The molecule has 6 heteroatoms. The van der Waals surface area contributed by atoms with Gasteiger partial charge in [0.05, 0.1) is 0 Å². The summed E-state index contributed by atoms with van der Waals surface area (Å²) < 4.78 is 13.0. The number of rotatable bonds is 5. The van der Waals surface area contributed by atoms with Crippen molar-refractivity contribution >= 4 is 11.8 Å².